The highest BCUT2D eigenvalue weighted by molar-refractivity contribution is 6.07. The number of aromatic nitrogens is 2. The van der Waals surface area contributed by atoms with E-state index in [2.05, 4.69) is 9.97 Å². The highest BCUT2D eigenvalue weighted by atomic mass is 19.4. The molecule has 3 aliphatic heterocycles. The summed E-state index contributed by atoms with van der Waals surface area (Å²) in [5, 5.41) is 0. The van der Waals surface area contributed by atoms with Crippen LogP contribution in [0.1, 0.15) is 77.6 Å². The Labute approximate surface area is 263 Å². The van der Waals surface area contributed by atoms with Crippen molar-refractivity contribution in [1.29, 1.82) is 0 Å². The van der Waals surface area contributed by atoms with Gasteiger partial charge in [0.1, 0.15) is 5.82 Å². The Morgan fingerprint density at radius 1 is 1.09 bits per heavy atom. The zero-order valence-electron chi connectivity index (χ0n) is 25.4. The number of nitrogens with two attached hydrogens (primary N) is 1. The molecule has 46 heavy (non-hydrogen) atoms. The molecule has 0 bridgehead atoms. The molecule has 242 valence electrons. The molecule has 13 heteroatoms. The van der Waals surface area contributed by atoms with Gasteiger partial charge in [0.2, 0.25) is 0 Å². The van der Waals surface area contributed by atoms with Crippen molar-refractivity contribution in [2.24, 2.45) is 22.6 Å². The zero-order chi connectivity index (χ0) is 32.8. The number of ether oxygens (including phenoxy) is 1. The summed E-state index contributed by atoms with van der Waals surface area (Å²) in [4.78, 5) is 44.1. The number of carbonyl (C=O) groups excluding carboxylic acids is 2. The standard InChI is InChI=1S/C33H34F4N6O3/c1-19(2)13-28(43-30(45)32(41-31(43)38,15-20-9-12-46-18-20)22-4-6-23(34)7-5-22)21-3-8-25(33(35,36)37)24(14-21)29(44)42-16-26-27(17-42)40-11-10-39-26/h3-8,10-11,14,19-20,28H,9,12-13,15-18H2,1-2H3,(H2,38,41)/t20-,28?,32?/m0/s1. The van der Waals surface area contributed by atoms with E-state index in [0.29, 0.717) is 48.6 Å². The van der Waals surface area contributed by atoms with Crippen molar-refractivity contribution in [3.8, 4) is 0 Å². The monoisotopic (exact) mass is 638 g/mol. The van der Waals surface area contributed by atoms with Crippen molar-refractivity contribution in [2.75, 3.05) is 13.2 Å². The molecule has 2 N–H and O–H groups in total. The molecular formula is C33H34F4N6O3. The lowest BCUT2D eigenvalue weighted by molar-refractivity contribution is -0.138. The lowest BCUT2D eigenvalue weighted by Gasteiger charge is -2.34. The van der Waals surface area contributed by atoms with Gasteiger partial charge in [0, 0.05) is 25.6 Å². The van der Waals surface area contributed by atoms with Gasteiger partial charge in [-0.3, -0.25) is 24.5 Å². The Hall–Kier alpha value is -4.39. The van der Waals surface area contributed by atoms with Crippen molar-refractivity contribution < 1.29 is 31.9 Å². The second-order valence-electron chi connectivity index (χ2n) is 12.5. The van der Waals surface area contributed by atoms with Gasteiger partial charge in [0.15, 0.2) is 11.5 Å². The van der Waals surface area contributed by atoms with E-state index in [1.807, 2.05) is 13.8 Å². The number of carbonyl (C=O) groups is 2. The number of hydrogen-bond acceptors (Lipinski definition) is 7. The lowest BCUT2D eigenvalue weighted by atomic mass is 9.80. The van der Waals surface area contributed by atoms with Crippen molar-refractivity contribution >= 4 is 17.8 Å². The molecule has 2 amide bonds. The number of hydrogen-bond donors (Lipinski definition) is 1. The lowest BCUT2D eigenvalue weighted by Crippen LogP contribution is -2.46. The SMILES string of the molecule is CC(C)CC(c1ccc(C(F)(F)F)c(C(=O)N2Cc3nccnc3C2)c1)N1C(=O)C(C[C@@H]2CCOC2)(c2ccc(F)cc2)N=C1N. The number of fused-ring (bicyclic) bond motifs is 1. The number of benzene rings is 2. The molecule has 0 aliphatic carbocycles. The summed E-state index contributed by atoms with van der Waals surface area (Å²) in [5.41, 5.74) is 5.24. The third kappa shape index (κ3) is 5.83. The highest BCUT2D eigenvalue weighted by Gasteiger charge is 2.53. The van der Waals surface area contributed by atoms with E-state index in [0.717, 1.165) is 6.07 Å². The highest BCUT2D eigenvalue weighted by Crippen LogP contribution is 2.45. The van der Waals surface area contributed by atoms with Crippen molar-refractivity contribution in [3.05, 3.63) is 94.3 Å². The molecular weight excluding hydrogens is 604 g/mol. The molecule has 3 aliphatic rings. The fourth-order valence-electron chi connectivity index (χ4n) is 6.65. The van der Waals surface area contributed by atoms with Crippen LogP contribution in [0.4, 0.5) is 17.6 Å². The van der Waals surface area contributed by atoms with Crippen molar-refractivity contribution in [3.63, 3.8) is 0 Å². The molecule has 3 aromatic rings. The van der Waals surface area contributed by atoms with E-state index in [-0.39, 0.29) is 37.3 Å². The number of halogens is 4. The molecule has 4 heterocycles. The topological polar surface area (TPSA) is 114 Å². The minimum atomic E-state index is -4.81. The van der Waals surface area contributed by atoms with Gasteiger partial charge in [0.25, 0.3) is 11.8 Å². The van der Waals surface area contributed by atoms with Crippen molar-refractivity contribution in [1.82, 2.24) is 19.8 Å². The summed E-state index contributed by atoms with van der Waals surface area (Å²) in [6.07, 6.45) is -0.596. The summed E-state index contributed by atoms with van der Waals surface area (Å²) < 4.78 is 62.4. The quantitative estimate of drug-likeness (QED) is 0.333. The van der Waals surface area contributed by atoms with Crippen LogP contribution in [0, 0.1) is 17.7 Å². The van der Waals surface area contributed by atoms with Crippen LogP contribution in [0.5, 0.6) is 0 Å². The Balaban J connectivity index is 1.41. The van der Waals surface area contributed by atoms with Gasteiger partial charge in [-0.1, -0.05) is 32.0 Å². The van der Waals surface area contributed by atoms with Crippen molar-refractivity contribution in [2.45, 2.75) is 64.0 Å². The fourth-order valence-corrected chi connectivity index (χ4v) is 6.65. The molecule has 9 nitrogen and oxygen atoms in total. The van der Waals surface area contributed by atoms with Crippen LogP contribution < -0.4 is 5.73 Å². The molecule has 6 rings (SSSR count). The average Bonchev–Trinajstić information content (AvgIpc) is 3.74. The van der Waals surface area contributed by atoms with E-state index < -0.39 is 46.5 Å². The summed E-state index contributed by atoms with van der Waals surface area (Å²) in [5.74, 6) is -1.91. The van der Waals surface area contributed by atoms with Crippen LogP contribution in [0.25, 0.3) is 0 Å². The first-order valence-corrected chi connectivity index (χ1v) is 15.2. The van der Waals surface area contributed by atoms with E-state index in [1.54, 1.807) is 0 Å². The molecule has 0 saturated carbocycles. The Morgan fingerprint density at radius 2 is 1.76 bits per heavy atom. The minimum absolute atomic E-state index is 0.0158. The van der Waals surface area contributed by atoms with Gasteiger partial charge < -0.3 is 15.4 Å². The summed E-state index contributed by atoms with van der Waals surface area (Å²) in [6.45, 7) is 4.84. The molecule has 0 radical (unpaired) electrons. The number of amides is 2. The van der Waals surface area contributed by atoms with Gasteiger partial charge in [0.05, 0.1) is 41.6 Å². The van der Waals surface area contributed by atoms with E-state index >= 15 is 0 Å². The summed E-state index contributed by atoms with van der Waals surface area (Å²) in [6, 6.07) is 8.07. The molecule has 1 fully saturated rings. The van der Waals surface area contributed by atoms with Gasteiger partial charge in [-0.2, -0.15) is 13.2 Å². The maximum absolute atomic E-state index is 14.6. The molecule has 3 atom stereocenters. The molecule has 2 aromatic carbocycles. The average molecular weight is 639 g/mol. The second kappa shape index (κ2) is 12.1. The smallest absolute Gasteiger partial charge is 0.381 e. The number of alkyl halides is 3. The van der Waals surface area contributed by atoms with Crippen LogP contribution in [0.15, 0.2) is 59.9 Å². The largest absolute Gasteiger partial charge is 0.417 e. The minimum Gasteiger partial charge on any atom is -0.381 e. The van der Waals surface area contributed by atoms with Crippen LogP contribution >= 0.6 is 0 Å². The van der Waals surface area contributed by atoms with E-state index in [4.69, 9.17) is 15.5 Å². The van der Waals surface area contributed by atoms with Gasteiger partial charge in [-0.15, -0.1) is 0 Å². The Kier molecular flexibility index (Phi) is 8.30. The van der Waals surface area contributed by atoms with Gasteiger partial charge in [-0.05, 0) is 66.5 Å². The maximum Gasteiger partial charge on any atom is 0.417 e. The third-order valence-electron chi connectivity index (χ3n) is 8.85. The Morgan fingerprint density at radius 3 is 2.35 bits per heavy atom. The maximum atomic E-state index is 14.6. The number of guanidine groups is 1. The van der Waals surface area contributed by atoms with Crippen LogP contribution in [0.3, 0.4) is 0 Å². The fraction of sp³-hybridized carbons (Fsp3) is 0.424. The predicted molar refractivity (Wildman–Crippen MR) is 159 cm³/mol. The number of aliphatic imine (C=N–C) groups is 1. The van der Waals surface area contributed by atoms with Crippen LogP contribution in [-0.2, 0) is 34.3 Å². The van der Waals surface area contributed by atoms with E-state index in [1.165, 1.54) is 58.6 Å². The molecule has 1 aromatic heterocycles. The first kappa shape index (κ1) is 31.6. The summed E-state index contributed by atoms with van der Waals surface area (Å²) in [7, 11) is 0. The van der Waals surface area contributed by atoms with Crippen LogP contribution in [-0.4, -0.2) is 50.8 Å². The zero-order valence-corrected chi connectivity index (χ0v) is 25.4. The molecule has 1 saturated heterocycles. The number of rotatable bonds is 8. The molecule has 0 spiro atoms. The first-order valence-electron chi connectivity index (χ1n) is 15.2. The van der Waals surface area contributed by atoms with Gasteiger partial charge in [-0.25, -0.2) is 9.38 Å². The van der Waals surface area contributed by atoms with Gasteiger partial charge >= 0.3 is 6.18 Å². The first-order chi connectivity index (χ1) is 21.9. The van der Waals surface area contributed by atoms with E-state index in [9.17, 15) is 27.2 Å². The predicted octanol–water partition coefficient (Wildman–Crippen LogP) is 5.36. The third-order valence-corrected chi connectivity index (χ3v) is 8.85. The molecule has 2 unspecified atom stereocenters. The second-order valence-corrected chi connectivity index (χ2v) is 12.5. The normalized spacial score (nSPS) is 22.0. The summed E-state index contributed by atoms with van der Waals surface area (Å²) >= 11 is 0. The number of nitrogens with zero attached hydrogens (tertiary/aromatic N) is 5. The van der Waals surface area contributed by atoms with Crippen LogP contribution in [0.2, 0.25) is 0 Å². The Bertz CT molecular complexity index is 1650.